The van der Waals surface area contributed by atoms with Crippen LogP contribution < -0.4 is 10.3 Å². The zero-order valence-electron chi connectivity index (χ0n) is 16.5. The van der Waals surface area contributed by atoms with Crippen molar-refractivity contribution in [3.8, 4) is 5.75 Å². The normalized spacial score (nSPS) is 16.1. The van der Waals surface area contributed by atoms with Crippen LogP contribution in [0.2, 0.25) is 0 Å². The minimum atomic E-state index is -3.87. The molecule has 0 bridgehead atoms. The number of ether oxygens (including phenoxy) is 1. The molecule has 3 aromatic rings. The summed E-state index contributed by atoms with van der Waals surface area (Å²) in [5.41, 5.74) is 0.559. The van der Waals surface area contributed by atoms with Crippen LogP contribution in [0.5, 0.6) is 5.75 Å². The minimum absolute atomic E-state index is 0.0971. The molecule has 0 atom stereocenters. The number of halogens is 1. The van der Waals surface area contributed by atoms with Crippen LogP contribution in [0.1, 0.15) is 12.8 Å². The molecule has 0 spiro atoms. The lowest BCUT2D eigenvalue weighted by molar-refractivity contribution is 0.250. The van der Waals surface area contributed by atoms with Crippen molar-refractivity contribution in [2.75, 3.05) is 20.2 Å². The molecule has 9 heteroatoms. The number of para-hydroxylation sites is 1. The van der Waals surface area contributed by atoms with Crippen molar-refractivity contribution in [1.82, 2.24) is 13.9 Å². The van der Waals surface area contributed by atoms with Crippen LogP contribution in [0.4, 0.5) is 4.39 Å². The minimum Gasteiger partial charge on any atom is -0.495 e. The quantitative estimate of drug-likeness (QED) is 0.620. The summed E-state index contributed by atoms with van der Waals surface area (Å²) < 4.78 is 47.7. The smallest absolute Gasteiger partial charge is 0.261 e. The second-order valence-corrected chi connectivity index (χ2v) is 9.27. The van der Waals surface area contributed by atoms with E-state index in [0.717, 1.165) is 6.07 Å². The number of hydrogen-bond acceptors (Lipinski definition) is 5. The number of methoxy groups -OCH3 is 1. The van der Waals surface area contributed by atoms with Crippen LogP contribution in [0.25, 0.3) is 10.9 Å². The van der Waals surface area contributed by atoms with Gasteiger partial charge in [0.15, 0.2) is 0 Å². The second kappa shape index (κ2) is 8.16. The topological polar surface area (TPSA) is 81.5 Å². The van der Waals surface area contributed by atoms with Crippen molar-refractivity contribution in [1.29, 1.82) is 0 Å². The number of fused-ring (bicyclic) bond motifs is 1. The number of sulfonamides is 1. The fourth-order valence-corrected chi connectivity index (χ4v) is 5.47. The zero-order chi connectivity index (χ0) is 21.3. The second-order valence-electron chi connectivity index (χ2n) is 7.36. The van der Waals surface area contributed by atoms with Crippen LogP contribution >= 0.6 is 0 Å². The fourth-order valence-electron chi connectivity index (χ4n) is 3.84. The van der Waals surface area contributed by atoms with E-state index in [1.54, 1.807) is 29.1 Å². The van der Waals surface area contributed by atoms with E-state index in [4.69, 9.17) is 4.74 Å². The van der Waals surface area contributed by atoms with E-state index in [1.165, 1.54) is 23.5 Å². The molecule has 30 heavy (non-hydrogen) atoms. The molecule has 1 aromatic heterocycles. The molecule has 1 saturated heterocycles. The number of rotatable bonds is 5. The first-order valence-electron chi connectivity index (χ1n) is 9.68. The molecule has 0 N–H and O–H groups in total. The van der Waals surface area contributed by atoms with Gasteiger partial charge in [-0.1, -0.05) is 12.1 Å². The summed E-state index contributed by atoms with van der Waals surface area (Å²) in [5, 5.41) is 0.568. The van der Waals surface area contributed by atoms with E-state index in [0.29, 0.717) is 43.4 Å². The van der Waals surface area contributed by atoms with Gasteiger partial charge < -0.3 is 4.74 Å². The highest BCUT2D eigenvalue weighted by molar-refractivity contribution is 7.89. The molecule has 4 rings (SSSR count). The molecule has 2 heterocycles. The summed E-state index contributed by atoms with van der Waals surface area (Å²) in [7, 11) is -2.52. The number of nitrogens with zero attached hydrogens (tertiary/aromatic N) is 3. The first-order chi connectivity index (χ1) is 14.4. The van der Waals surface area contributed by atoms with E-state index in [2.05, 4.69) is 4.98 Å². The molecule has 2 aromatic carbocycles. The summed E-state index contributed by atoms with van der Waals surface area (Å²) >= 11 is 0. The predicted molar refractivity (Wildman–Crippen MR) is 110 cm³/mol. The Kier molecular flexibility index (Phi) is 5.57. The Bertz CT molecular complexity index is 1230. The highest BCUT2D eigenvalue weighted by atomic mass is 32.2. The predicted octanol–water partition coefficient (Wildman–Crippen LogP) is 2.65. The van der Waals surface area contributed by atoms with Gasteiger partial charge in [0, 0.05) is 19.6 Å². The Morgan fingerprint density at radius 2 is 1.90 bits per heavy atom. The maximum absolute atomic E-state index is 13.7. The number of benzene rings is 2. The third kappa shape index (κ3) is 3.82. The SMILES string of the molecule is COc1ccc(F)cc1S(=O)(=O)N1CCC(Cn2cnc3ccccc3c2=O)CC1. The average molecular weight is 431 g/mol. The lowest BCUT2D eigenvalue weighted by Crippen LogP contribution is -2.40. The lowest BCUT2D eigenvalue weighted by Gasteiger charge is -2.31. The molecule has 1 aliphatic rings. The van der Waals surface area contributed by atoms with Gasteiger partial charge in [-0.15, -0.1) is 0 Å². The van der Waals surface area contributed by atoms with Crippen LogP contribution in [0.15, 0.2) is 58.5 Å². The standard InChI is InChI=1S/C21H22FN3O4S/c1-29-19-7-6-16(22)12-20(19)30(27,28)25-10-8-15(9-11-25)13-24-14-23-18-5-3-2-4-17(18)21(24)26/h2-7,12,14-15H,8-11,13H2,1H3. The number of aromatic nitrogens is 2. The molecule has 0 amide bonds. The first-order valence-corrected chi connectivity index (χ1v) is 11.1. The van der Waals surface area contributed by atoms with Gasteiger partial charge in [-0.2, -0.15) is 4.31 Å². The maximum atomic E-state index is 13.7. The summed E-state index contributed by atoms with van der Waals surface area (Å²) in [4.78, 5) is 16.8. The molecule has 0 radical (unpaired) electrons. The van der Waals surface area contributed by atoms with Gasteiger partial charge >= 0.3 is 0 Å². The van der Waals surface area contributed by atoms with Crippen LogP contribution in [0.3, 0.4) is 0 Å². The van der Waals surface area contributed by atoms with Gasteiger partial charge in [0.2, 0.25) is 10.0 Å². The Morgan fingerprint density at radius 1 is 1.17 bits per heavy atom. The molecule has 1 fully saturated rings. The highest BCUT2D eigenvalue weighted by Gasteiger charge is 2.32. The maximum Gasteiger partial charge on any atom is 0.261 e. The largest absolute Gasteiger partial charge is 0.495 e. The lowest BCUT2D eigenvalue weighted by atomic mass is 9.98. The molecule has 1 aliphatic heterocycles. The summed E-state index contributed by atoms with van der Waals surface area (Å²) in [6, 6.07) is 10.7. The van der Waals surface area contributed by atoms with E-state index < -0.39 is 15.8 Å². The van der Waals surface area contributed by atoms with Gasteiger partial charge in [-0.3, -0.25) is 9.36 Å². The van der Waals surface area contributed by atoms with Crippen molar-refractivity contribution < 1.29 is 17.5 Å². The first kappa shape index (κ1) is 20.5. The van der Waals surface area contributed by atoms with Gasteiger partial charge in [0.25, 0.3) is 5.56 Å². The van der Waals surface area contributed by atoms with Crippen LogP contribution in [-0.4, -0.2) is 42.5 Å². The van der Waals surface area contributed by atoms with Gasteiger partial charge in [0.1, 0.15) is 16.5 Å². The zero-order valence-corrected chi connectivity index (χ0v) is 17.3. The fraction of sp³-hybridized carbons (Fsp3) is 0.333. The van der Waals surface area contributed by atoms with Crippen LogP contribution in [0, 0.1) is 11.7 Å². The molecular formula is C21H22FN3O4S. The molecule has 7 nitrogen and oxygen atoms in total. The van der Waals surface area contributed by atoms with E-state index in [-0.39, 0.29) is 22.1 Å². The van der Waals surface area contributed by atoms with Crippen molar-refractivity contribution >= 4 is 20.9 Å². The third-order valence-corrected chi connectivity index (χ3v) is 7.42. The summed E-state index contributed by atoms with van der Waals surface area (Å²) in [6.45, 7) is 1.07. The van der Waals surface area contributed by atoms with Crippen molar-refractivity contribution in [3.63, 3.8) is 0 Å². The van der Waals surface area contributed by atoms with E-state index in [1.807, 2.05) is 6.07 Å². The van der Waals surface area contributed by atoms with Crippen molar-refractivity contribution in [2.45, 2.75) is 24.3 Å². The van der Waals surface area contributed by atoms with E-state index >= 15 is 0 Å². The van der Waals surface area contributed by atoms with Crippen molar-refractivity contribution in [3.05, 3.63) is 65.0 Å². The van der Waals surface area contributed by atoms with E-state index in [9.17, 15) is 17.6 Å². The van der Waals surface area contributed by atoms with Gasteiger partial charge in [-0.25, -0.2) is 17.8 Å². The number of piperidine rings is 1. The highest BCUT2D eigenvalue weighted by Crippen LogP contribution is 2.30. The Morgan fingerprint density at radius 3 is 2.63 bits per heavy atom. The van der Waals surface area contributed by atoms with Crippen LogP contribution in [-0.2, 0) is 16.6 Å². The Labute approximate surface area is 173 Å². The molecule has 0 saturated carbocycles. The molecule has 0 unspecified atom stereocenters. The third-order valence-electron chi connectivity index (χ3n) is 5.50. The average Bonchev–Trinajstić information content (AvgIpc) is 2.76. The van der Waals surface area contributed by atoms with Gasteiger partial charge in [-0.05, 0) is 49.1 Å². The van der Waals surface area contributed by atoms with Crippen molar-refractivity contribution in [2.24, 2.45) is 5.92 Å². The summed E-state index contributed by atoms with van der Waals surface area (Å²) in [6.07, 6.45) is 2.73. The Hall–Kier alpha value is -2.78. The number of hydrogen-bond donors (Lipinski definition) is 0. The molecular weight excluding hydrogens is 409 g/mol. The van der Waals surface area contributed by atoms with Gasteiger partial charge in [0.05, 0.1) is 24.3 Å². The Balaban J connectivity index is 1.49. The monoisotopic (exact) mass is 431 g/mol. The summed E-state index contributed by atoms with van der Waals surface area (Å²) in [5.74, 6) is -0.369. The molecule has 0 aliphatic carbocycles. The molecule has 158 valence electrons.